The van der Waals surface area contributed by atoms with Crippen LogP contribution < -0.4 is 4.74 Å². The van der Waals surface area contributed by atoms with Gasteiger partial charge in [-0.15, -0.1) is 0 Å². The van der Waals surface area contributed by atoms with Crippen molar-refractivity contribution in [3.05, 3.63) is 42.6 Å². The highest BCUT2D eigenvalue weighted by molar-refractivity contribution is 5.85. The first-order valence-electron chi connectivity index (χ1n) is 5.05. The molecule has 0 spiro atoms. The first-order valence-corrected chi connectivity index (χ1v) is 5.05. The Bertz CT molecular complexity index is 410. The lowest BCUT2D eigenvalue weighted by Crippen LogP contribution is -2.21. The molecule has 0 aromatic heterocycles. The largest absolute Gasteiger partial charge is 0.482 e. The van der Waals surface area contributed by atoms with Gasteiger partial charge in [-0.2, -0.15) is 0 Å². The Balaban J connectivity index is 2.90. The highest BCUT2D eigenvalue weighted by Gasteiger charge is 2.10. The average molecular weight is 217 g/mol. The van der Waals surface area contributed by atoms with Gasteiger partial charge in [-0.05, 0) is 26.0 Å². The summed E-state index contributed by atoms with van der Waals surface area (Å²) in [5.41, 5.74) is 0.829. The number of carbonyl (C=O) groups is 1. The van der Waals surface area contributed by atoms with Gasteiger partial charge in [0, 0.05) is 18.0 Å². The van der Waals surface area contributed by atoms with Crippen LogP contribution in [0.5, 0.6) is 5.75 Å². The molecule has 3 nitrogen and oxygen atoms in total. The van der Waals surface area contributed by atoms with Crippen molar-refractivity contribution in [3.8, 4) is 5.75 Å². The van der Waals surface area contributed by atoms with E-state index in [1.165, 1.54) is 13.1 Å². The van der Waals surface area contributed by atoms with Gasteiger partial charge in [0.15, 0.2) is 11.9 Å². The molecule has 0 bridgehead atoms. The fraction of sp³-hybridized carbons (Fsp3) is 0.231. The third-order valence-electron chi connectivity index (χ3n) is 2.11. The number of hydrogen-bond donors (Lipinski definition) is 0. The van der Waals surface area contributed by atoms with Crippen molar-refractivity contribution in [1.82, 2.24) is 0 Å². The van der Waals surface area contributed by atoms with Gasteiger partial charge in [0.2, 0.25) is 0 Å². The first-order chi connectivity index (χ1) is 7.65. The number of benzene rings is 1. The topological polar surface area (TPSA) is 38.7 Å². The summed E-state index contributed by atoms with van der Waals surface area (Å²) in [4.78, 5) is 15.0. The summed E-state index contributed by atoms with van der Waals surface area (Å²) >= 11 is 0. The van der Waals surface area contributed by atoms with E-state index < -0.39 is 6.10 Å². The molecular weight excluding hydrogens is 202 g/mol. The minimum atomic E-state index is -0.446. The third kappa shape index (κ3) is 3.35. The van der Waals surface area contributed by atoms with Gasteiger partial charge in [0.1, 0.15) is 5.75 Å². The van der Waals surface area contributed by atoms with Gasteiger partial charge in [0.25, 0.3) is 0 Å². The molecule has 0 amide bonds. The first kappa shape index (κ1) is 12.2. The van der Waals surface area contributed by atoms with Crippen molar-refractivity contribution in [2.24, 2.45) is 4.99 Å². The summed E-state index contributed by atoms with van der Waals surface area (Å²) in [6.07, 6.45) is 2.65. The molecule has 0 heterocycles. The van der Waals surface area contributed by atoms with E-state index in [-0.39, 0.29) is 5.78 Å². The molecule has 0 saturated carbocycles. The maximum Gasteiger partial charge on any atom is 0.169 e. The number of rotatable bonds is 5. The van der Waals surface area contributed by atoms with Crippen LogP contribution in [0.15, 0.2) is 42.0 Å². The van der Waals surface area contributed by atoms with E-state index in [0.717, 1.165) is 5.56 Å². The highest BCUT2D eigenvalue weighted by Crippen LogP contribution is 2.17. The van der Waals surface area contributed by atoms with E-state index in [2.05, 4.69) is 11.6 Å². The smallest absolute Gasteiger partial charge is 0.169 e. The van der Waals surface area contributed by atoms with Crippen LogP contribution in [0.4, 0.5) is 0 Å². The Morgan fingerprint density at radius 1 is 1.50 bits per heavy atom. The second-order valence-corrected chi connectivity index (χ2v) is 3.37. The van der Waals surface area contributed by atoms with Crippen LogP contribution in [0.2, 0.25) is 0 Å². The van der Waals surface area contributed by atoms with Crippen LogP contribution in [0, 0.1) is 0 Å². The normalized spacial score (nSPS) is 12.4. The fourth-order valence-electron chi connectivity index (χ4n) is 1.10. The van der Waals surface area contributed by atoms with Crippen molar-refractivity contribution >= 4 is 12.0 Å². The third-order valence-corrected chi connectivity index (χ3v) is 2.11. The predicted octanol–water partition coefficient (Wildman–Crippen LogP) is 2.61. The molecule has 1 atom stereocenters. The molecule has 0 fully saturated rings. The van der Waals surface area contributed by atoms with Crippen LogP contribution in [-0.4, -0.2) is 18.1 Å². The molecule has 0 aliphatic rings. The van der Waals surface area contributed by atoms with Gasteiger partial charge >= 0.3 is 0 Å². The summed E-state index contributed by atoms with van der Waals surface area (Å²) in [6.45, 7) is 6.73. The SMILES string of the molecule is C=CN=Cc1ccccc1OC(C)C(C)=O. The molecule has 0 saturated heterocycles. The zero-order valence-electron chi connectivity index (χ0n) is 9.51. The molecule has 1 unspecified atom stereocenters. The average Bonchev–Trinajstić information content (AvgIpc) is 2.27. The summed E-state index contributed by atoms with van der Waals surface area (Å²) in [5.74, 6) is 0.645. The standard InChI is InChI=1S/C13H15NO2/c1-4-14-9-12-7-5-6-8-13(12)16-11(3)10(2)15/h4-9,11H,1H2,2-3H3. The Morgan fingerprint density at radius 3 is 2.81 bits per heavy atom. The monoisotopic (exact) mass is 217 g/mol. The van der Waals surface area contributed by atoms with E-state index in [9.17, 15) is 4.79 Å². The molecule has 16 heavy (non-hydrogen) atoms. The van der Waals surface area contributed by atoms with Crippen LogP contribution in [-0.2, 0) is 4.79 Å². The lowest BCUT2D eigenvalue weighted by Gasteiger charge is -2.13. The Labute approximate surface area is 95.5 Å². The van der Waals surface area contributed by atoms with Crippen molar-refractivity contribution in [1.29, 1.82) is 0 Å². The molecule has 84 valence electrons. The second kappa shape index (κ2) is 5.85. The molecule has 0 aliphatic carbocycles. The lowest BCUT2D eigenvalue weighted by molar-refractivity contribution is -0.122. The van der Waals surface area contributed by atoms with Crippen LogP contribution >= 0.6 is 0 Å². The summed E-state index contributed by atoms with van der Waals surface area (Å²) < 4.78 is 5.53. The van der Waals surface area contributed by atoms with Crippen molar-refractivity contribution in [2.75, 3.05) is 0 Å². The number of nitrogens with zero attached hydrogens (tertiary/aromatic N) is 1. The zero-order chi connectivity index (χ0) is 12.0. The van der Waals surface area contributed by atoms with E-state index in [4.69, 9.17) is 4.74 Å². The highest BCUT2D eigenvalue weighted by atomic mass is 16.5. The van der Waals surface area contributed by atoms with E-state index in [1.54, 1.807) is 13.1 Å². The predicted molar refractivity (Wildman–Crippen MR) is 65.0 cm³/mol. The number of Topliss-reactive ketones (excluding diaryl/α,β-unsaturated/α-hetero) is 1. The van der Waals surface area contributed by atoms with Gasteiger partial charge in [-0.1, -0.05) is 18.7 Å². The van der Waals surface area contributed by atoms with Gasteiger partial charge in [-0.3, -0.25) is 9.79 Å². The number of hydrogen-bond acceptors (Lipinski definition) is 3. The van der Waals surface area contributed by atoms with Crippen LogP contribution in [0.3, 0.4) is 0 Å². The Morgan fingerprint density at radius 2 is 2.19 bits per heavy atom. The van der Waals surface area contributed by atoms with E-state index in [0.29, 0.717) is 5.75 Å². The zero-order valence-corrected chi connectivity index (χ0v) is 9.51. The minimum Gasteiger partial charge on any atom is -0.482 e. The van der Waals surface area contributed by atoms with Crippen molar-refractivity contribution in [2.45, 2.75) is 20.0 Å². The molecule has 0 N–H and O–H groups in total. The lowest BCUT2D eigenvalue weighted by atomic mass is 10.2. The summed E-state index contributed by atoms with van der Waals surface area (Å²) in [5, 5.41) is 0. The number of ketones is 1. The second-order valence-electron chi connectivity index (χ2n) is 3.37. The van der Waals surface area contributed by atoms with Gasteiger partial charge in [0.05, 0.1) is 0 Å². The van der Waals surface area contributed by atoms with Gasteiger partial charge < -0.3 is 4.74 Å². The Hall–Kier alpha value is -1.90. The Kier molecular flexibility index (Phi) is 4.45. The molecule has 1 aromatic rings. The number of aliphatic imine (C=N–C) groups is 1. The van der Waals surface area contributed by atoms with E-state index in [1.807, 2.05) is 24.3 Å². The minimum absolute atomic E-state index is 0.00420. The molecule has 1 aromatic carbocycles. The van der Waals surface area contributed by atoms with E-state index >= 15 is 0 Å². The van der Waals surface area contributed by atoms with Crippen molar-refractivity contribution < 1.29 is 9.53 Å². The summed E-state index contributed by atoms with van der Waals surface area (Å²) in [7, 11) is 0. The fourth-order valence-corrected chi connectivity index (χ4v) is 1.10. The van der Waals surface area contributed by atoms with Crippen LogP contribution in [0.25, 0.3) is 0 Å². The number of carbonyl (C=O) groups excluding carboxylic acids is 1. The quantitative estimate of drug-likeness (QED) is 0.711. The summed E-state index contributed by atoms with van der Waals surface area (Å²) in [6, 6.07) is 7.42. The van der Waals surface area contributed by atoms with Crippen molar-refractivity contribution in [3.63, 3.8) is 0 Å². The molecule has 1 rings (SSSR count). The molecular formula is C13H15NO2. The molecule has 0 radical (unpaired) electrons. The maximum atomic E-state index is 11.1. The number of ether oxygens (including phenoxy) is 1. The number of para-hydroxylation sites is 1. The maximum absolute atomic E-state index is 11.1. The van der Waals surface area contributed by atoms with Crippen LogP contribution in [0.1, 0.15) is 19.4 Å². The molecule has 0 aliphatic heterocycles. The molecule has 3 heteroatoms. The van der Waals surface area contributed by atoms with Gasteiger partial charge in [-0.25, -0.2) is 0 Å².